The van der Waals surface area contributed by atoms with Gasteiger partial charge < -0.3 is 4.74 Å². The highest BCUT2D eigenvalue weighted by atomic mass is 35.5. The van der Waals surface area contributed by atoms with Gasteiger partial charge in [-0.1, -0.05) is 18.2 Å². The third kappa shape index (κ3) is 1.42. The summed E-state index contributed by atoms with van der Waals surface area (Å²) in [4.78, 5) is 0. The van der Waals surface area contributed by atoms with Crippen molar-refractivity contribution in [3.63, 3.8) is 0 Å². The Labute approximate surface area is 77.3 Å². The zero-order valence-electron chi connectivity index (χ0n) is 6.79. The summed E-state index contributed by atoms with van der Waals surface area (Å²) in [5, 5.41) is 0. The van der Waals surface area contributed by atoms with Crippen molar-refractivity contribution in [2.75, 3.05) is 5.88 Å². The van der Waals surface area contributed by atoms with Gasteiger partial charge >= 0.3 is 0 Å². The van der Waals surface area contributed by atoms with Gasteiger partial charge in [-0.05, 0) is 24.5 Å². The summed E-state index contributed by atoms with van der Waals surface area (Å²) in [6, 6.07) is 8.16. The second-order valence-electron chi connectivity index (χ2n) is 3.04. The van der Waals surface area contributed by atoms with Crippen LogP contribution in [0.25, 0.3) is 0 Å². The van der Waals surface area contributed by atoms with E-state index in [1.807, 2.05) is 18.2 Å². The van der Waals surface area contributed by atoms with Gasteiger partial charge in [0, 0.05) is 0 Å². The molecule has 0 spiro atoms. The van der Waals surface area contributed by atoms with Crippen LogP contribution < -0.4 is 4.74 Å². The van der Waals surface area contributed by atoms with Crippen molar-refractivity contribution < 1.29 is 4.74 Å². The first-order valence-electron chi connectivity index (χ1n) is 4.20. The number of aryl methyl sites for hydroxylation is 1. The Morgan fingerprint density at radius 3 is 3.08 bits per heavy atom. The Bertz CT molecular complexity index is 272. The van der Waals surface area contributed by atoms with Crippen LogP contribution in [0.5, 0.6) is 5.75 Å². The van der Waals surface area contributed by atoms with Crippen molar-refractivity contribution in [1.29, 1.82) is 0 Å². The fourth-order valence-electron chi connectivity index (χ4n) is 1.49. The molecule has 1 aromatic carbocycles. The van der Waals surface area contributed by atoms with Crippen LogP contribution in [0.15, 0.2) is 24.3 Å². The Morgan fingerprint density at radius 1 is 1.42 bits per heavy atom. The molecule has 0 bridgehead atoms. The number of benzene rings is 1. The van der Waals surface area contributed by atoms with Crippen molar-refractivity contribution in [1.82, 2.24) is 0 Å². The molecule has 1 atom stereocenters. The number of para-hydroxylation sites is 1. The first-order valence-corrected chi connectivity index (χ1v) is 4.74. The quantitative estimate of drug-likeness (QED) is 0.607. The highest BCUT2D eigenvalue weighted by Gasteiger charge is 2.17. The van der Waals surface area contributed by atoms with E-state index in [1.54, 1.807) is 0 Å². The molecule has 0 aliphatic carbocycles. The first kappa shape index (κ1) is 7.93. The average Bonchev–Trinajstić information content (AvgIpc) is 2.17. The van der Waals surface area contributed by atoms with Gasteiger partial charge in [-0.2, -0.15) is 0 Å². The van der Waals surface area contributed by atoms with Crippen LogP contribution in [0, 0.1) is 0 Å². The number of hydrogen-bond donors (Lipinski definition) is 0. The fourth-order valence-corrected chi connectivity index (χ4v) is 1.71. The zero-order chi connectivity index (χ0) is 8.39. The molecule has 64 valence electrons. The predicted octanol–water partition coefficient (Wildman–Crippen LogP) is 2.62. The minimum Gasteiger partial charge on any atom is -0.489 e. The Balaban J connectivity index is 2.23. The molecule has 1 aromatic rings. The van der Waals surface area contributed by atoms with Crippen molar-refractivity contribution in [3.8, 4) is 5.75 Å². The number of ether oxygens (including phenoxy) is 1. The maximum Gasteiger partial charge on any atom is 0.122 e. The molecular weight excluding hydrogens is 172 g/mol. The highest BCUT2D eigenvalue weighted by Crippen LogP contribution is 2.27. The van der Waals surface area contributed by atoms with Crippen molar-refractivity contribution in [3.05, 3.63) is 29.8 Å². The lowest BCUT2D eigenvalue weighted by Crippen LogP contribution is -2.23. The topological polar surface area (TPSA) is 9.23 Å². The molecule has 2 heteroatoms. The minimum absolute atomic E-state index is 0.210. The Morgan fingerprint density at radius 2 is 2.25 bits per heavy atom. The van der Waals surface area contributed by atoms with E-state index in [0.29, 0.717) is 5.88 Å². The molecule has 0 aromatic heterocycles. The smallest absolute Gasteiger partial charge is 0.122 e. The van der Waals surface area contributed by atoms with Gasteiger partial charge in [0.25, 0.3) is 0 Å². The molecule has 0 fully saturated rings. The summed E-state index contributed by atoms with van der Waals surface area (Å²) in [5.41, 5.74) is 1.30. The molecule has 0 saturated heterocycles. The number of halogens is 1. The molecule has 1 nitrogen and oxygen atoms in total. The monoisotopic (exact) mass is 182 g/mol. The standard InChI is InChI=1S/C10H11ClO/c11-7-9-6-5-8-3-1-2-4-10(8)12-9/h1-4,9H,5-7H2/t9-/m1/s1. The largest absolute Gasteiger partial charge is 0.489 e. The maximum absolute atomic E-state index is 5.72. The molecule has 2 rings (SSSR count). The summed E-state index contributed by atoms with van der Waals surface area (Å²) in [7, 11) is 0. The lowest BCUT2D eigenvalue weighted by Gasteiger charge is -2.24. The van der Waals surface area contributed by atoms with E-state index < -0.39 is 0 Å². The van der Waals surface area contributed by atoms with Crippen LogP contribution in [0.3, 0.4) is 0 Å². The van der Waals surface area contributed by atoms with Crippen LogP contribution in [0.4, 0.5) is 0 Å². The number of fused-ring (bicyclic) bond motifs is 1. The van der Waals surface area contributed by atoms with Crippen LogP contribution >= 0.6 is 11.6 Å². The van der Waals surface area contributed by atoms with Gasteiger partial charge in [0.2, 0.25) is 0 Å². The van der Waals surface area contributed by atoms with E-state index in [2.05, 4.69) is 6.07 Å². The average molecular weight is 183 g/mol. The SMILES string of the molecule is ClC[C@H]1CCc2ccccc2O1. The fraction of sp³-hybridized carbons (Fsp3) is 0.400. The zero-order valence-corrected chi connectivity index (χ0v) is 7.55. The maximum atomic E-state index is 5.72. The second kappa shape index (κ2) is 3.36. The summed E-state index contributed by atoms with van der Waals surface area (Å²) >= 11 is 5.72. The molecule has 0 amide bonds. The van der Waals surface area contributed by atoms with Crippen LogP contribution in [0.2, 0.25) is 0 Å². The summed E-state index contributed by atoms with van der Waals surface area (Å²) in [5.74, 6) is 1.60. The third-order valence-electron chi connectivity index (χ3n) is 2.17. The molecule has 1 aliphatic heterocycles. The minimum atomic E-state index is 0.210. The van der Waals surface area contributed by atoms with Gasteiger partial charge in [-0.25, -0.2) is 0 Å². The van der Waals surface area contributed by atoms with Gasteiger partial charge in [-0.15, -0.1) is 11.6 Å². The molecule has 0 radical (unpaired) electrons. The lowest BCUT2D eigenvalue weighted by molar-refractivity contribution is 0.195. The predicted molar refractivity (Wildman–Crippen MR) is 49.9 cm³/mol. The van der Waals surface area contributed by atoms with E-state index in [9.17, 15) is 0 Å². The van der Waals surface area contributed by atoms with Crippen LogP contribution in [-0.2, 0) is 6.42 Å². The van der Waals surface area contributed by atoms with Crippen molar-refractivity contribution >= 4 is 11.6 Å². The summed E-state index contributed by atoms with van der Waals surface area (Å²) < 4.78 is 5.65. The van der Waals surface area contributed by atoms with Crippen molar-refractivity contribution in [2.45, 2.75) is 18.9 Å². The van der Waals surface area contributed by atoms with Crippen LogP contribution in [0.1, 0.15) is 12.0 Å². The first-order chi connectivity index (χ1) is 5.90. The number of rotatable bonds is 1. The summed E-state index contributed by atoms with van der Waals surface area (Å²) in [6.07, 6.45) is 2.34. The van der Waals surface area contributed by atoms with Crippen LogP contribution in [-0.4, -0.2) is 12.0 Å². The third-order valence-corrected chi connectivity index (χ3v) is 2.52. The highest BCUT2D eigenvalue weighted by molar-refractivity contribution is 6.18. The molecular formula is C10H11ClO. The molecule has 1 aliphatic rings. The lowest BCUT2D eigenvalue weighted by atomic mass is 10.0. The molecule has 1 heterocycles. The van der Waals surface area contributed by atoms with E-state index >= 15 is 0 Å². The normalized spacial score (nSPS) is 21.2. The summed E-state index contributed by atoms with van der Waals surface area (Å²) in [6.45, 7) is 0. The van der Waals surface area contributed by atoms with Gasteiger partial charge in [0.1, 0.15) is 11.9 Å². The van der Waals surface area contributed by atoms with E-state index in [-0.39, 0.29) is 6.10 Å². The number of hydrogen-bond acceptors (Lipinski definition) is 1. The van der Waals surface area contributed by atoms with E-state index in [4.69, 9.17) is 16.3 Å². The van der Waals surface area contributed by atoms with Crippen molar-refractivity contribution in [2.24, 2.45) is 0 Å². The molecule has 0 unspecified atom stereocenters. The van der Waals surface area contributed by atoms with E-state index in [1.165, 1.54) is 5.56 Å². The molecule has 12 heavy (non-hydrogen) atoms. The Hall–Kier alpha value is -0.690. The number of alkyl halides is 1. The van der Waals surface area contributed by atoms with Gasteiger partial charge in [0.15, 0.2) is 0 Å². The Kier molecular flexibility index (Phi) is 2.22. The molecule has 0 saturated carbocycles. The van der Waals surface area contributed by atoms with Gasteiger partial charge in [0.05, 0.1) is 5.88 Å². The second-order valence-corrected chi connectivity index (χ2v) is 3.35. The van der Waals surface area contributed by atoms with Gasteiger partial charge in [-0.3, -0.25) is 0 Å². The molecule has 0 N–H and O–H groups in total. The van der Waals surface area contributed by atoms with E-state index in [0.717, 1.165) is 18.6 Å².